The van der Waals surface area contributed by atoms with Crippen LogP contribution in [0.2, 0.25) is 5.02 Å². The quantitative estimate of drug-likeness (QED) is 0.425. The fourth-order valence-corrected chi connectivity index (χ4v) is 4.88. The summed E-state index contributed by atoms with van der Waals surface area (Å²) in [5.41, 5.74) is 3.01. The van der Waals surface area contributed by atoms with Crippen LogP contribution in [0, 0.1) is 0 Å². The highest BCUT2D eigenvalue weighted by atomic mass is 79.9. The van der Waals surface area contributed by atoms with Gasteiger partial charge in [-0.05, 0) is 63.5 Å². The lowest BCUT2D eigenvalue weighted by atomic mass is 10.1. The molecule has 6 heteroatoms. The molecule has 3 aromatic rings. The number of hydrogen-bond acceptors (Lipinski definition) is 3. The lowest BCUT2D eigenvalue weighted by Gasteiger charge is -2.25. The second-order valence-electron chi connectivity index (χ2n) is 6.37. The van der Waals surface area contributed by atoms with Crippen molar-refractivity contribution < 1.29 is 9.53 Å². The highest BCUT2D eigenvalue weighted by Crippen LogP contribution is 2.43. The third-order valence-electron chi connectivity index (χ3n) is 4.45. The van der Waals surface area contributed by atoms with Crippen LogP contribution in [0.1, 0.15) is 16.5 Å². The Morgan fingerprint density at radius 1 is 1.07 bits per heavy atom. The molecule has 4 rings (SSSR count). The second kappa shape index (κ2) is 8.60. The number of nitrogens with zero attached hydrogens (tertiary/aromatic N) is 1. The zero-order chi connectivity index (χ0) is 19.5. The number of thioether (sulfide) groups is 1. The maximum Gasteiger partial charge on any atom is 0.238 e. The molecule has 0 radical (unpaired) electrons. The zero-order valence-electron chi connectivity index (χ0n) is 14.8. The molecule has 0 bridgehead atoms. The zero-order valence-corrected chi connectivity index (χ0v) is 18.0. The van der Waals surface area contributed by atoms with Crippen LogP contribution in [0.3, 0.4) is 0 Å². The molecule has 28 heavy (non-hydrogen) atoms. The van der Waals surface area contributed by atoms with E-state index in [2.05, 4.69) is 15.9 Å². The minimum atomic E-state index is -0.0758. The van der Waals surface area contributed by atoms with E-state index in [4.69, 9.17) is 16.3 Å². The third-order valence-corrected chi connectivity index (χ3v) is 6.53. The number of hydrogen-bond donors (Lipinski definition) is 0. The van der Waals surface area contributed by atoms with E-state index < -0.39 is 0 Å². The van der Waals surface area contributed by atoms with Gasteiger partial charge < -0.3 is 4.74 Å². The Kier molecular flexibility index (Phi) is 5.95. The molecule has 1 aliphatic heterocycles. The molecule has 1 heterocycles. The first-order valence-corrected chi connectivity index (χ1v) is 11.0. The van der Waals surface area contributed by atoms with Crippen LogP contribution in [-0.4, -0.2) is 11.7 Å². The van der Waals surface area contributed by atoms with Gasteiger partial charge in [0.1, 0.15) is 17.7 Å². The fourth-order valence-electron chi connectivity index (χ4n) is 3.07. The van der Waals surface area contributed by atoms with Crippen LogP contribution >= 0.6 is 39.3 Å². The highest BCUT2D eigenvalue weighted by Gasteiger charge is 2.34. The van der Waals surface area contributed by atoms with Crippen molar-refractivity contribution in [3.8, 4) is 5.75 Å². The van der Waals surface area contributed by atoms with E-state index in [9.17, 15) is 4.79 Å². The Hall–Kier alpha value is -1.95. The summed E-state index contributed by atoms with van der Waals surface area (Å²) in [6.45, 7) is 0.506. The summed E-state index contributed by atoms with van der Waals surface area (Å²) in [7, 11) is 0. The first-order chi connectivity index (χ1) is 13.6. The number of rotatable bonds is 5. The van der Waals surface area contributed by atoms with Crippen molar-refractivity contribution in [1.29, 1.82) is 0 Å². The molecule has 1 saturated heterocycles. The van der Waals surface area contributed by atoms with Crippen molar-refractivity contribution in [2.24, 2.45) is 0 Å². The van der Waals surface area contributed by atoms with Crippen LogP contribution in [0.15, 0.2) is 77.3 Å². The van der Waals surface area contributed by atoms with Crippen molar-refractivity contribution in [3.05, 3.63) is 93.4 Å². The van der Waals surface area contributed by atoms with E-state index in [1.165, 1.54) is 0 Å². The second-order valence-corrected chi connectivity index (χ2v) is 8.73. The van der Waals surface area contributed by atoms with Crippen molar-refractivity contribution in [1.82, 2.24) is 0 Å². The van der Waals surface area contributed by atoms with E-state index in [1.54, 1.807) is 23.9 Å². The topological polar surface area (TPSA) is 29.5 Å². The molecule has 3 nitrogen and oxygen atoms in total. The number of carbonyl (C=O) groups is 1. The molecule has 0 unspecified atom stereocenters. The Balaban J connectivity index is 1.54. The van der Waals surface area contributed by atoms with Crippen LogP contribution in [0.25, 0.3) is 0 Å². The summed E-state index contributed by atoms with van der Waals surface area (Å²) < 4.78 is 6.81. The standard InChI is InChI=1S/C22H17BrClNO2S/c23-19-12-16(6-11-20(19)27-13-15-4-2-1-3-5-15)22-25(21(26)14-28-22)18-9-7-17(24)8-10-18/h1-12,22H,13-14H2/t22-/m1/s1. The number of halogens is 2. The van der Waals surface area contributed by atoms with Gasteiger partial charge in [-0.25, -0.2) is 0 Å². The van der Waals surface area contributed by atoms with Gasteiger partial charge >= 0.3 is 0 Å². The molecule has 1 amide bonds. The molecule has 1 aliphatic rings. The van der Waals surface area contributed by atoms with Gasteiger partial charge in [-0.1, -0.05) is 48.0 Å². The Morgan fingerprint density at radius 3 is 2.54 bits per heavy atom. The summed E-state index contributed by atoms with van der Waals surface area (Å²) in [4.78, 5) is 14.3. The lowest BCUT2D eigenvalue weighted by Crippen LogP contribution is -2.27. The van der Waals surface area contributed by atoms with Crippen molar-refractivity contribution in [3.63, 3.8) is 0 Å². The van der Waals surface area contributed by atoms with Crippen LogP contribution in [-0.2, 0) is 11.4 Å². The maximum atomic E-state index is 12.5. The average Bonchev–Trinajstić information content (AvgIpc) is 3.10. The molecule has 142 valence electrons. The number of carbonyl (C=O) groups excluding carboxylic acids is 1. The van der Waals surface area contributed by atoms with E-state index in [0.717, 1.165) is 27.0 Å². The number of benzene rings is 3. The smallest absolute Gasteiger partial charge is 0.238 e. The molecule has 3 aromatic carbocycles. The van der Waals surface area contributed by atoms with Crippen LogP contribution in [0.4, 0.5) is 5.69 Å². The van der Waals surface area contributed by atoms with Crippen LogP contribution < -0.4 is 9.64 Å². The first kappa shape index (κ1) is 19.4. The van der Waals surface area contributed by atoms with E-state index in [-0.39, 0.29) is 11.3 Å². The van der Waals surface area contributed by atoms with Gasteiger partial charge in [-0.3, -0.25) is 9.69 Å². The highest BCUT2D eigenvalue weighted by molar-refractivity contribution is 9.10. The van der Waals surface area contributed by atoms with Gasteiger partial charge in [-0.2, -0.15) is 0 Å². The number of anilines is 1. The largest absolute Gasteiger partial charge is 0.488 e. The molecule has 0 aliphatic carbocycles. The van der Waals surface area contributed by atoms with Gasteiger partial charge in [0, 0.05) is 10.7 Å². The predicted octanol–water partition coefficient (Wildman–Crippen LogP) is 6.46. The fraction of sp³-hybridized carbons (Fsp3) is 0.136. The van der Waals surface area contributed by atoms with E-state index in [0.29, 0.717) is 17.4 Å². The normalized spacial score (nSPS) is 16.4. The summed E-state index contributed by atoms with van der Waals surface area (Å²) in [6, 6.07) is 23.4. The Morgan fingerprint density at radius 2 is 1.82 bits per heavy atom. The van der Waals surface area contributed by atoms with Gasteiger partial charge in [0.05, 0.1) is 10.2 Å². The minimum Gasteiger partial charge on any atom is -0.488 e. The molecule has 1 atom stereocenters. The van der Waals surface area contributed by atoms with Gasteiger partial charge in [0.2, 0.25) is 5.91 Å². The molecular formula is C22H17BrClNO2S. The van der Waals surface area contributed by atoms with Crippen LogP contribution in [0.5, 0.6) is 5.75 Å². The monoisotopic (exact) mass is 473 g/mol. The van der Waals surface area contributed by atoms with Crippen molar-refractivity contribution in [2.45, 2.75) is 12.0 Å². The first-order valence-electron chi connectivity index (χ1n) is 8.77. The predicted molar refractivity (Wildman–Crippen MR) is 119 cm³/mol. The number of ether oxygens (including phenoxy) is 1. The third kappa shape index (κ3) is 4.22. The summed E-state index contributed by atoms with van der Waals surface area (Å²) in [5, 5.41) is 0.579. The number of amides is 1. The van der Waals surface area contributed by atoms with E-state index >= 15 is 0 Å². The summed E-state index contributed by atoms with van der Waals surface area (Å²) in [5.74, 6) is 1.33. The maximum absolute atomic E-state index is 12.5. The molecule has 0 spiro atoms. The molecule has 0 aromatic heterocycles. The van der Waals surface area contributed by atoms with Gasteiger partial charge in [0.15, 0.2) is 0 Å². The summed E-state index contributed by atoms with van der Waals surface area (Å²) >= 11 is 11.2. The molecule has 0 N–H and O–H groups in total. The van der Waals surface area contributed by atoms with Crippen molar-refractivity contribution in [2.75, 3.05) is 10.7 Å². The average molecular weight is 475 g/mol. The van der Waals surface area contributed by atoms with Crippen molar-refractivity contribution >= 4 is 50.9 Å². The Labute approximate surface area is 181 Å². The summed E-state index contributed by atoms with van der Waals surface area (Å²) in [6.07, 6.45) is 0. The molecule has 1 fully saturated rings. The SMILES string of the molecule is O=C1CS[C@H](c2ccc(OCc3ccccc3)c(Br)c2)N1c1ccc(Cl)cc1. The minimum absolute atomic E-state index is 0.0758. The van der Waals surface area contributed by atoms with Gasteiger partial charge in [0.25, 0.3) is 0 Å². The van der Waals surface area contributed by atoms with E-state index in [1.807, 2.05) is 65.6 Å². The molecule has 0 saturated carbocycles. The Bertz CT molecular complexity index is 982. The van der Waals surface area contributed by atoms with Gasteiger partial charge in [-0.15, -0.1) is 11.8 Å². The lowest BCUT2D eigenvalue weighted by molar-refractivity contribution is -0.115. The molecular weight excluding hydrogens is 458 g/mol.